The molecule has 1 aliphatic heterocycles. The van der Waals surface area contributed by atoms with Gasteiger partial charge in [0.2, 0.25) is 11.8 Å². The Labute approximate surface area is 100.0 Å². The fourth-order valence-electron chi connectivity index (χ4n) is 1.99. The summed E-state index contributed by atoms with van der Waals surface area (Å²) in [5, 5.41) is 10.8. The highest BCUT2D eigenvalue weighted by molar-refractivity contribution is 5.89. The second kappa shape index (κ2) is 6.22. The molecule has 0 spiro atoms. The summed E-state index contributed by atoms with van der Waals surface area (Å²) in [5.41, 5.74) is 0. The lowest BCUT2D eigenvalue weighted by atomic mass is 10.0. The van der Waals surface area contributed by atoms with Gasteiger partial charge in [-0.3, -0.25) is 14.4 Å². The molecule has 0 radical (unpaired) electrons. The van der Waals surface area contributed by atoms with E-state index in [1.54, 1.807) is 11.8 Å². The zero-order valence-corrected chi connectivity index (χ0v) is 9.94. The van der Waals surface area contributed by atoms with Crippen molar-refractivity contribution in [3.8, 4) is 0 Å². The van der Waals surface area contributed by atoms with Gasteiger partial charge < -0.3 is 15.3 Å². The van der Waals surface area contributed by atoms with Crippen LogP contribution >= 0.6 is 0 Å². The van der Waals surface area contributed by atoms with Crippen molar-refractivity contribution < 1.29 is 19.5 Å². The molecule has 1 saturated heterocycles. The third-order valence-electron chi connectivity index (χ3n) is 2.84. The first-order valence-electron chi connectivity index (χ1n) is 5.85. The Morgan fingerprint density at radius 3 is 2.65 bits per heavy atom. The molecule has 0 aromatic rings. The molecule has 1 heterocycles. The van der Waals surface area contributed by atoms with Crippen molar-refractivity contribution in [1.82, 2.24) is 10.2 Å². The summed E-state index contributed by atoms with van der Waals surface area (Å²) in [6.45, 7) is 1.93. The average Bonchev–Trinajstić information content (AvgIpc) is 2.34. The molecule has 96 valence electrons. The largest absolute Gasteiger partial charge is 0.480 e. The first-order valence-corrected chi connectivity index (χ1v) is 5.85. The third kappa shape index (κ3) is 3.72. The summed E-state index contributed by atoms with van der Waals surface area (Å²) in [5.74, 6) is -1.50. The van der Waals surface area contributed by atoms with Gasteiger partial charge in [-0.05, 0) is 19.3 Å². The number of carbonyl (C=O) groups excluding carboxylic acids is 2. The predicted octanol–water partition coefficient (Wildman–Crippen LogP) is -0.0217. The zero-order valence-electron chi connectivity index (χ0n) is 9.94. The Bertz CT molecular complexity index is 317. The molecule has 6 nitrogen and oxygen atoms in total. The predicted molar refractivity (Wildman–Crippen MR) is 60.3 cm³/mol. The quantitative estimate of drug-likeness (QED) is 0.725. The summed E-state index contributed by atoms with van der Waals surface area (Å²) < 4.78 is 0. The Hall–Kier alpha value is -1.59. The maximum Gasteiger partial charge on any atom is 0.322 e. The van der Waals surface area contributed by atoms with E-state index in [9.17, 15) is 14.4 Å². The summed E-state index contributed by atoms with van der Waals surface area (Å²) in [4.78, 5) is 35.3. The molecule has 1 fully saturated rings. The summed E-state index contributed by atoms with van der Waals surface area (Å²) >= 11 is 0. The number of carboxylic acids is 1. The van der Waals surface area contributed by atoms with Crippen LogP contribution in [0.1, 0.15) is 32.6 Å². The topological polar surface area (TPSA) is 86.7 Å². The van der Waals surface area contributed by atoms with Gasteiger partial charge in [-0.1, -0.05) is 6.92 Å². The smallest absolute Gasteiger partial charge is 0.322 e. The lowest BCUT2D eigenvalue weighted by Crippen LogP contribution is -2.52. The van der Waals surface area contributed by atoms with E-state index >= 15 is 0 Å². The van der Waals surface area contributed by atoms with Crippen molar-refractivity contribution in [1.29, 1.82) is 0 Å². The van der Waals surface area contributed by atoms with Gasteiger partial charge in [0.1, 0.15) is 12.6 Å². The minimum atomic E-state index is -1.08. The summed E-state index contributed by atoms with van der Waals surface area (Å²) in [6, 6.07) is -0.504. The van der Waals surface area contributed by atoms with Crippen LogP contribution in [0.5, 0.6) is 0 Å². The standard InChI is InChI=1S/C11H18N2O4/c1-2-9(14)13-6-4-3-5-8(13)11(17)12-7-10(15)16/h8H,2-7H2,1H3,(H,12,17)(H,15,16). The van der Waals surface area contributed by atoms with Gasteiger partial charge in [-0.15, -0.1) is 0 Å². The Morgan fingerprint density at radius 2 is 2.06 bits per heavy atom. The number of likely N-dealkylation sites (tertiary alicyclic amines) is 1. The number of hydrogen-bond acceptors (Lipinski definition) is 3. The van der Waals surface area contributed by atoms with Crippen molar-refractivity contribution in [2.24, 2.45) is 0 Å². The Balaban J connectivity index is 2.60. The van der Waals surface area contributed by atoms with Gasteiger partial charge in [-0.25, -0.2) is 0 Å². The lowest BCUT2D eigenvalue weighted by Gasteiger charge is -2.34. The zero-order chi connectivity index (χ0) is 12.8. The molecule has 17 heavy (non-hydrogen) atoms. The van der Waals surface area contributed by atoms with Crippen LogP contribution in [-0.2, 0) is 14.4 Å². The first kappa shape index (κ1) is 13.5. The van der Waals surface area contributed by atoms with E-state index < -0.39 is 18.6 Å². The minimum Gasteiger partial charge on any atom is -0.480 e. The van der Waals surface area contributed by atoms with Crippen LogP contribution in [0.2, 0.25) is 0 Å². The van der Waals surface area contributed by atoms with Crippen LogP contribution in [0, 0.1) is 0 Å². The van der Waals surface area contributed by atoms with Crippen LogP contribution in [-0.4, -0.2) is 46.9 Å². The molecule has 1 rings (SSSR count). The lowest BCUT2D eigenvalue weighted by molar-refractivity contribution is -0.143. The first-order chi connectivity index (χ1) is 8.06. The van der Waals surface area contributed by atoms with E-state index in [1.807, 2.05) is 0 Å². The number of carboxylic acid groups (broad SMARTS) is 1. The molecule has 0 aliphatic carbocycles. The number of amides is 2. The molecule has 1 unspecified atom stereocenters. The molecule has 2 amide bonds. The number of rotatable bonds is 4. The maximum atomic E-state index is 11.8. The fourth-order valence-corrected chi connectivity index (χ4v) is 1.99. The molecular weight excluding hydrogens is 224 g/mol. The summed E-state index contributed by atoms with van der Waals surface area (Å²) in [6.07, 6.45) is 2.76. The second-order valence-electron chi connectivity index (χ2n) is 4.06. The van der Waals surface area contributed by atoms with Gasteiger partial charge >= 0.3 is 5.97 Å². The molecule has 0 aromatic heterocycles. The van der Waals surface area contributed by atoms with E-state index in [0.717, 1.165) is 12.8 Å². The van der Waals surface area contributed by atoms with Crippen molar-refractivity contribution in [3.05, 3.63) is 0 Å². The molecule has 1 aliphatic rings. The van der Waals surface area contributed by atoms with Crippen molar-refractivity contribution in [3.63, 3.8) is 0 Å². The number of nitrogens with one attached hydrogen (secondary N) is 1. The Morgan fingerprint density at radius 1 is 1.35 bits per heavy atom. The number of carbonyl (C=O) groups is 3. The second-order valence-corrected chi connectivity index (χ2v) is 4.06. The molecule has 6 heteroatoms. The van der Waals surface area contributed by atoms with Crippen LogP contribution in [0.4, 0.5) is 0 Å². The third-order valence-corrected chi connectivity index (χ3v) is 2.84. The number of aliphatic carboxylic acids is 1. The average molecular weight is 242 g/mol. The number of piperidine rings is 1. The van der Waals surface area contributed by atoms with Gasteiger partial charge in [0.25, 0.3) is 0 Å². The maximum absolute atomic E-state index is 11.8. The minimum absolute atomic E-state index is 0.0554. The van der Waals surface area contributed by atoms with Crippen molar-refractivity contribution in [2.45, 2.75) is 38.6 Å². The van der Waals surface area contributed by atoms with Crippen LogP contribution < -0.4 is 5.32 Å². The number of nitrogens with zero attached hydrogens (tertiary/aromatic N) is 1. The van der Waals surface area contributed by atoms with E-state index in [2.05, 4.69) is 5.32 Å². The van der Waals surface area contributed by atoms with Crippen molar-refractivity contribution in [2.75, 3.05) is 13.1 Å². The molecule has 2 N–H and O–H groups in total. The highest BCUT2D eigenvalue weighted by Crippen LogP contribution is 2.18. The van der Waals surface area contributed by atoms with E-state index in [4.69, 9.17) is 5.11 Å². The SMILES string of the molecule is CCC(=O)N1CCCCC1C(=O)NCC(=O)O. The highest BCUT2D eigenvalue weighted by atomic mass is 16.4. The van der Waals surface area contributed by atoms with Gasteiger partial charge in [-0.2, -0.15) is 0 Å². The van der Waals surface area contributed by atoms with Gasteiger partial charge in [0.15, 0.2) is 0 Å². The van der Waals surface area contributed by atoms with Gasteiger partial charge in [0, 0.05) is 13.0 Å². The van der Waals surface area contributed by atoms with Crippen molar-refractivity contribution >= 4 is 17.8 Å². The molecule has 1 atom stereocenters. The van der Waals surface area contributed by atoms with Gasteiger partial charge in [0.05, 0.1) is 0 Å². The molecular formula is C11H18N2O4. The molecule has 0 saturated carbocycles. The van der Waals surface area contributed by atoms with E-state index in [1.165, 1.54) is 0 Å². The summed E-state index contributed by atoms with van der Waals surface area (Å²) in [7, 11) is 0. The Kier molecular flexibility index (Phi) is 4.93. The van der Waals surface area contributed by atoms with Crippen LogP contribution in [0.15, 0.2) is 0 Å². The van der Waals surface area contributed by atoms with E-state index in [-0.39, 0.29) is 11.8 Å². The van der Waals surface area contributed by atoms with Crippen LogP contribution in [0.3, 0.4) is 0 Å². The fraction of sp³-hybridized carbons (Fsp3) is 0.727. The monoisotopic (exact) mass is 242 g/mol. The molecule has 0 bridgehead atoms. The molecule has 0 aromatic carbocycles. The van der Waals surface area contributed by atoms with E-state index in [0.29, 0.717) is 19.4 Å². The number of hydrogen-bond donors (Lipinski definition) is 2. The normalized spacial score (nSPS) is 19.8. The highest BCUT2D eigenvalue weighted by Gasteiger charge is 2.31. The van der Waals surface area contributed by atoms with Crippen LogP contribution in [0.25, 0.3) is 0 Å².